The van der Waals surface area contributed by atoms with Gasteiger partial charge >= 0.3 is 0 Å². The fourth-order valence-corrected chi connectivity index (χ4v) is 3.11. The highest BCUT2D eigenvalue weighted by Gasteiger charge is 2.20. The number of nitro benzene ring substituents is 2. The average Bonchev–Trinajstić information content (AvgIpc) is 2.83. The van der Waals surface area contributed by atoms with E-state index in [9.17, 15) is 25.0 Å². The van der Waals surface area contributed by atoms with Crippen LogP contribution >= 0.6 is 0 Å². The highest BCUT2D eigenvalue weighted by Crippen LogP contribution is 2.32. The Labute approximate surface area is 189 Å². The standard InChI is InChI=1S/C14H18N2O5.C7H7NO4/c1-20-14-8-12(16(18)19)2-3-13(14)21-9-11-4-6-15(10-17)7-5-11;1-12-7-3-2-5(8(10)11)4-6(7)9/h2-3,8,10-11H,4-7,9H2,1H3;2-4,9H,1H3. The maximum atomic E-state index is 10.7. The molecule has 1 N–H and O–H groups in total. The molecule has 12 heteroatoms. The SMILES string of the molecule is COc1cc([N+](=O)[O-])ccc1OCC1CCN(C=O)CC1.COc1ccc([N+](=O)[O-])cc1O. The second-order valence-corrected chi connectivity index (χ2v) is 7.10. The number of likely N-dealkylation sites (tertiary alicyclic amines) is 1. The number of phenols is 1. The van der Waals surface area contributed by atoms with E-state index in [-0.39, 0.29) is 22.9 Å². The highest BCUT2D eigenvalue weighted by molar-refractivity contribution is 5.49. The third-order valence-electron chi connectivity index (χ3n) is 5.00. The van der Waals surface area contributed by atoms with E-state index in [1.54, 1.807) is 11.0 Å². The van der Waals surface area contributed by atoms with Gasteiger partial charge in [-0.2, -0.15) is 0 Å². The molecule has 0 bridgehead atoms. The molecule has 33 heavy (non-hydrogen) atoms. The number of nitro groups is 2. The molecule has 1 fully saturated rings. The van der Waals surface area contributed by atoms with Gasteiger partial charge in [0.25, 0.3) is 11.4 Å². The quantitative estimate of drug-likeness (QED) is 0.353. The molecule has 0 saturated carbocycles. The summed E-state index contributed by atoms with van der Waals surface area (Å²) in [6, 6.07) is 7.94. The zero-order valence-electron chi connectivity index (χ0n) is 18.2. The summed E-state index contributed by atoms with van der Waals surface area (Å²) in [7, 11) is 2.83. The van der Waals surface area contributed by atoms with Crippen LogP contribution in [0.2, 0.25) is 0 Å². The van der Waals surface area contributed by atoms with Gasteiger partial charge in [-0.25, -0.2) is 0 Å². The van der Waals surface area contributed by atoms with Crippen LogP contribution in [-0.2, 0) is 4.79 Å². The highest BCUT2D eigenvalue weighted by atomic mass is 16.6. The molecule has 1 amide bonds. The van der Waals surface area contributed by atoms with Crippen molar-refractivity contribution in [1.82, 2.24) is 4.90 Å². The summed E-state index contributed by atoms with van der Waals surface area (Å²) in [5, 5.41) is 30.0. The number of carbonyl (C=O) groups is 1. The van der Waals surface area contributed by atoms with Crippen LogP contribution < -0.4 is 14.2 Å². The number of hydrogen-bond acceptors (Lipinski definition) is 9. The number of benzene rings is 2. The Kier molecular flexibility index (Phi) is 9.21. The molecule has 2 aromatic carbocycles. The molecule has 1 aliphatic rings. The average molecular weight is 463 g/mol. The molecule has 1 aliphatic heterocycles. The number of hydrogen-bond donors (Lipinski definition) is 1. The Hall–Kier alpha value is -4.09. The number of ether oxygens (including phenoxy) is 3. The van der Waals surface area contributed by atoms with E-state index in [4.69, 9.17) is 19.3 Å². The minimum atomic E-state index is -0.584. The van der Waals surface area contributed by atoms with Crippen molar-refractivity contribution in [3.8, 4) is 23.0 Å². The van der Waals surface area contributed by atoms with Gasteiger partial charge in [-0.1, -0.05) is 0 Å². The largest absolute Gasteiger partial charge is 0.504 e. The number of methoxy groups -OCH3 is 2. The van der Waals surface area contributed by atoms with Gasteiger partial charge in [-0.3, -0.25) is 25.0 Å². The molecule has 2 aromatic rings. The third kappa shape index (κ3) is 7.23. The minimum absolute atomic E-state index is 0.0292. The van der Waals surface area contributed by atoms with Crippen LogP contribution in [0.3, 0.4) is 0 Å². The zero-order chi connectivity index (χ0) is 24.4. The topological polar surface area (TPSA) is 155 Å². The van der Waals surface area contributed by atoms with Crippen LogP contribution in [0, 0.1) is 26.1 Å². The van der Waals surface area contributed by atoms with Gasteiger partial charge in [0.15, 0.2) is 23.0 Å². The zero-order valence-corrected chi connectivity index (χ0v) is 18.2. The van der Waals surface area contributed by atoms with Crippen molar-refractivity contribution in [1.29, 1.82) is 0 Å². The summed E-state index contributed by atoms with van der Waals surface area (Å²) in [6.07, 6.45) is 2.67. The van der Waals surface area contributed by atoms with Crippen molar-refractivity contribution in [3.63, 3.8) is 0 Å². The first-order chi connectivity index (χ1) is 15.8. The number of aromatic hydroxyl groups is 1. The van der Waals surface area contributed by atoms with Crippen molar-refractivity contribution < 1.29 is 34.0 Å². The van der Waals surface area contributed by atoms with Gasteiger partial charge in [0.1, 0.15) is 0 Å². The van der Waals surface area contributed by atoms with Crippen LogP contribution in [-0.4, -0.2) is 60.2 Å². The molecular formula is C21H25N3O9. The van der Waals surface area contributed by atoms with E-state index in [0.29, 0.717) is 24.0 Å². The molecule has 0 aliphatic carbocycles. The van der Waals surface area contributed by atoms with Crippen molar-refractivity contribution in [2.45, 2.75) is 12.8 Å². The molecule has 178 valence electrons. The predicted molar refractivity (Wildman–Crippen MR) is 117 cm³/mol. The van der Waals surface area contributed by atoms with Crippen molar-refractivity contribution in [2.75, 3.05) is 33.9 Å². The summed E-state index contributed by atoms with van der Waals surface area (Å²) < 4.78 is 15.6. The number of rotatable bonds is 8. The second kappa shape index (κ2) is 12.1. The van der Waals surface area contributed by atoms with Gasteiger partial charge in [0.05, 0.1) is 42.8 Å². The number of carbonyl (C=O) groups excluding carboxylic acids is 1. The monoisotopic (exact) mass is 463 g/mol. The fourth-order valence-electron chi connectivity index (χ4n) is 3.11. The number of nitrogens with zero attached hydrogens (tertiary/aromatic N) is 3. The molecule has 3 rings (SSSR count). The van der Waals surface area contributed by atoms with Gasteiger partial charge in [0.2, 0.25) is 6.41 Å². The molecule has 1 heterocycles. The van der Waals surface area contributed by atoms with E-state index in [2.05, 4.69) is 0 Å². The first-order valence-corrected chi connectivity index (χ1v) is 9.95. The Balaban J connectivity index is 0.000000273. The Morgan fingerprint density at radius 3 is 2.00 bits per heavy atom. The lowest BCUT2D eigenvalue weighted by Crippen LogP contribution is -2.34. The smallest absolute Gasteiger partial charge is 0.273 e. The molecule has 0 aromatic heterocycles. The van der Waals surface area contributed by atoms with Crippen molar-refractivity contribution in [2.24, 2.45) is 5.92 Å². The van der Waals surface area contributed by atoms with Crippen LogP contribution in [0.1, 0.15) is 12.8 Å². The van der Waals surface area contributed by atoms with Crippen LogP contribution in [0.5, 0.6) is 23.0 Å². The Bertz CT molecular complexity index is 975. The second-order valence-electron chi connectivity index (χ2n) is 7.10. The molecule has 0 radical (unpaired) electrons. The summed E-state index contributed by atoms with van der Waals surface area (Å²) in [5.74, 6) is 1.23. The summed E-state index contributed by atoms with van der Waals surface area (Å²) in [4.78, 5) is 32.3. The van der Waals surface area contributed by atoms with E-state index >= 15 is 0 Å². The number of amides is 1. The van der Waals surface area contributed by atoms with E-state index in [0.717, 1.165) is 38.4 Å². The van der Waals surface area contributed by atoms with Crippen LogP contribution in [0.4, 0.5) is 11.4 Å². The van der Waals surface area contributed by atoms with Gasteiger partial charge in [-0.05, 0) is 30.9 Å². The fraction of sp³-hybridized carbons (Fsp3) is 0.381. The van der Waals surface area contributed by atoms with Crippen molar-refractivity contribution >= 4 is 17.8 Å². The van der Waals surface area contributed by atoms with E-state index in [1.807, 2.05) is 0 Å². The van der Waals surface area contributed by atoms with E-state index in [1.165, 1.54) is 38.5 Å². The number of phenolic OH excluding ortho intramolecular Hbond substituents is 1. The summed E-state index contributed by atoms with van der Waals surface area (Å²) >= 11 is 0. The lowest BCUT2D eigenvalue weighted by atomic mass is 9.98. The Morgan fingerprint density at radius 1 is 0.970 bits per heavy atom. The molecule has 1 saturated heterocycles. The van der Waals surface area contributed by atoms with Gasteiger partial charge in [-0.15, -0.1) is 0 Å². The minimum Gasteiger partial charge on any atom is -0.504 e. The predicted octanol–water partition coefficient (Wildman–Crippen LogP) is 3.16. The third-order valence-corrected chi connectivity index (χ3v) is 5.00. The van der Waals surface area contributed by atoms with Crippen LogP contribution in [0.15, 0.2) is 36.4 Å². The lowest BCUT2D eigenvalue weighted by Gasteiger charge is -2.29. The van der Waals surface area contributed by atoms with E-state index < -0.39 is 9.85 Å². The first kappa shape index (κ1) is 25.2. The molecule has 0 unspecified atom stereocenters. The van der Waals surface area contributed by atoms with Gasteiger partial charge in [0, 0.05) is 25.2 Å². The Morgan fingerprint density at radius 2 is 1.52 bits per heavy atom. The van der Waals surface area contributed by atoms with Crippen molar-refractivity contribution in [3.05, 3.63) is 56.6 Å². The number of piperidine rings is 1. The first-order valence-electron chi connectivity index (χ1n) is 9.95. The summed E-state index contributed by atoms with van der Waals surface area (Å²) in [6.45, 7) is 2.00. The molecular weight excluding hydrogens is 438 g/mol. The molecule has 12 nitrogen and oxygen atoms in total. The normalized spacial score (nSPS) is 13.3. The maximum absolute atomic E-state index is 10.7. The molecule has 0 atom stereocenters. The number of non-ortho nitro benzene ring substituents is 2. The van der Waals surface area contributed by atoms with Crippen LogP contribution in [0.25, 0.3) is 0 Å². The maximum Gasteiger partial charge on any atom is 0.273 e. The van der Waals surface area contributed by atoms with Gasteiger partial charge < -0.3 is 24.2 Å². The lowest BCUT2D eigenvalue weighted by molar-refractivity contribution is -0.385. The summed E-state index contributed by atoms with van der Waals surface area (Å²) in [5.41, 5.74) is -0.188. The molecule has 0 spiro atoms.